The molecule has 0 amide bonds. The molecule has 0 spiro atoms. The summed E-state index contributed by atoms with van der Waals surface area (Å²) in [5.74, 6) is 6.71. The number of ether oxygens (including phenoxy) is 1. The molecule has 0 atom stereocenters. The number of methoxy groups -OCH3 is 1. The van der Waals surface area contributed by atoms with Crippen LogP contribution < -0.4 is 10.5 Å². The van der Waals surface area contributed by atoms with Crippen LogP contribution in [0.4, 0.5) is 5.82 Å². The van der Waals surface area contributed by atoms with E-state index in [9.17, 15) is 0 Å². The number of aromatic nitrogens is 2. The van der Waals surface area contributed by atoms with Crippen LogP contribution in [0.3, 0.4) is 0 Å². The van der Waals surface area contributed by atoms with E-state index in [1.807, 2.05) is 0 Å². The highest BCUT2D eigenvalue weighted by molar-refractivity contribution is 6.18. The smallest absolute Gasteiger partial charge is 0.258 e. The zero-order valence-corrected chi connectivity index (χ0v) is 8.51. The van der Waals surface area contributed by atoms with Gasteiger partial charge in [0.25, 0.3) is 5.88 Å². The lowest BCUT2D eigenvalue weighted by atomic mass is 10.4. The first-order valence-electron chi connectivity index (χ1n) is 3.99. The van der Waals surface area contributed by atoms with Crippen LogP contribution in [0.25, 0.3) is 0 Å². The van der Waals surface area contributed by atoms with Crippen molar-refractivity contribution in [2.45, 2.75) is 6.42 Å². The highest BCUT2D eigenvalue weighted by Gasteiger charge is 2.01. The summed E-state index contributed by atoms with van der Waals surface area (Å²) in [5.41, 5.74) is 6.02. The van der Waals surface area contributed by atoms with Crippen molar-refractivity contribution in [2.24, 2.45) is 0 Å². The Morgan fingerprint density at radius 3 is 3.07 bits per heavy atom. The van der Waals surface area contributed by atoms with Gasteiger partial charge in [0.15, 0.2) is 5.82 Å². The Kier molecular flexibility index (Phi) is 4.02. The average Bonchev–Trinajstić information content (AvgIpc) is 2.21. The molecular formula is C9H10ClN3O. The van der Waals surface area contributed by atoms with Gasteiger partial charge in [0, 0.05) is 12.3 Å². The minimum Gasteiger partial charge on any atom is -0.478 e. The summed E-state index contributed by atoms with van der Waals surface area (Å²) in [7, 11) is 1.48. The maximum Gasteiger partial charge on any atom is 0.258 e. The van der Waals surface area contributed by atoms with Crippen LogP contribution in [0, 0.1) is 11.8 Å². The largest absolute Gasteiger partial charge is 0.478 e. The summed E-state index contributed by atoms with van der Waals surface area (Å²) in [5, 5.41) is 0. The fourth-order valence-corrected chi connectivity index (χ4v) is 0.887. The van der Waals surface area contributed by atoms with Gasteiger partial charge in [-0.15, -0.1) is 11.6 Å². The number of nitrogens with zero attached hydrogens (tertiary/aromatic N) is 2. The molecule has 0 fully saturated rings. The van der Waals surface area contributed by atoms with Gasteiger partial charge in [0.2, 0.25) is 0 Å². The predicted molar refractivity (Wildman–Crippen MR) is 55.2 cm³/mol. The zero-order valence-electron chi connectivity index (χ0n) is 7.75. The van der Waals surface area contributed by atoms with Crippen molar-refractivity contribution in [3.05, 3.63) is 11.9 Å². The first-order valence-corrected chi connectivity index (χ1v) is 4.52. The number of nitrogen functional groups attached to an aromatic ring is 1. The molecule has 0 radical (unpaired) electrons. The number of alkyl halides is 1. The maximum absolute atomic E-state index is 5.49. The SMILES string of the molecule is COc1nc(C#CCCCl)cnc1N. The molecule has 14 heavy (non-hydrogen) atoms. The van der Waals surface area contributed by atoms with Crippen molar-refractivity contribution in [3.63, 3.8) is 0 Å². The lowest BCUT2D eigenvalue weighted by molar-refractivity contribution is 0.398. The number of hydrogen-bond acceptors (Lipinski definition) is 4. The van der Waals surface area contributed by atoms with Crippen molar-refractivity contribution in [1.29, 1.82) is 0 Å². The number of anilines is 1. The van der Waals surface area contributed by atoms with Gasteiger partial charge in [-0.2, -0.15) is 4.98 Å². The Bertz CT molecular complexity index is 370. The van der Waals surface area contributed by atoms with Gasteiger partial charge in [-0.25, -0.2) is 4.98 Å². The van der Waals surface area contributed by atoms with Gasteiger partial charge in [0.1, 0.15) is 5.69 Å². The average molecular weight is 212 g/mol. The van der Waals surface area contributed by atoms with Crippen LogP contribution >= 0.6 is 11.6 Å². The Hall–Kier alpha value is -1.47. The van der Waals surface area contributed by atoms with Crippen molar-refractivity contribution < 1.29 is 4.74 Å². The van der Waals surface area contributed by atoms with E-state index in [0.29, 0.717) is 23.9 Å². The summed E-state index contributed by atoms with van der Waals surface area (Å²) < 4.78 is 4.90. The minimum absolute atomic E-state index is 0.260. The van der Waals surface area contributed by atoms with Gasteiger partial charge in [0.05, 0.1) is 13.3 Å². The Morgan fingerprint density at radius 1 is 1.64 bits per heavy atom. The second kappa shape index (κ2) is 5.30. The van der Waals surface area contributed by atoms with Crippen molar-refractivity contribution in [1.82, 2.24) is 9.97 Å². The predicted octanol–water partition coefficient (Wildman–Crippen LogP) is 1.05. The van der Waals surface area contributed by atoms with Crippen molar-refractivity contribution >= 4 is 17.4 Å². The molecule has 0 aliphatic carbocycles. The zero-order chi connectivity index (χ0) is 10.4. The standard InChI is InChI=1S/C9H10ClN3O/c1-14-9-8(11)12-6-7(13-9)4-2-3-5-10/h6H,3,5H2,1H3,(H2,11,12). The van der Waals surface area contributed by atoms with Gasteiger partial charge in [-0.1, -0.05) is 5.92 Å². The molecule has 0 unspecified atom stereocenters. The summed E-state index contributed by atoms with van der Waals surface area (Å²) in [6, 6.07) is 0. The Balaban J connectivity index is 2.86. The summed E-state index contributed by atoms with van der Waals surface area (Å²) in [6.45, 7) is 0. The molecule has 74 valence electrons. The number of rotatable bonds is 2. The number of hydrogen-bond donors (Lipinski definition) is 1. The van der Waals surface area contributed by atoms with E-state index < -0.39 is 0 Å². The summed E-state index contributed by atoms with van der Waals surface area (Å²) in [6.07, 6.45) is 2.12. The molecule has 0 saturated heterocycles. The van der Waals surface area contributed by atoms with Gasteiger partial charge in [-0.3, -0.25) is 0 Å². The van der Waals surface area contributed by atoms with E-state index in [-0.39, 0.29) is 5.82 Å². The Labute approximate surface area is 87.5 Å². The topological polar surface area (TPSA) is 61.0 Å². The molecule has 5 heteroatoms. The molecule has 0 saturated carbocycles. The molecule has 1 aromatic heterocycles. The quantitative estimate of drug-likeness (QED) is 0.587. The van der Waals surface area contributed by atoms with E-state index in [1.165, 1.54) is 13.3 Å². The Morgan fingerprint density at radius 2 is 2.43 bits per heavy atom. The van der Waals surface area contributed by atoms with E-state index in [4.69, 9.17) is 22.1 Å². The maximum atomic E-state index is 5.49. The second-order valence-electron chi connectivity index (χ2n) is 2.39. The first kappa shape index (κ1) is 10.6. The van der Waals surface area contributed by atoms with Crippen molar-refractivity contribution in [3.8, 4) is 17.7 Å². The van der Waals surface area contributed by atoms with Crippen LogP contribution in [0.2, 0.25) is 0 Å². The molecule has 1 heterocycles. The molecule has 1 aromatic rings. The van der Waals surface area contributed by atoms with Crippen LogP contribution in [-0.4, -0.2) is 23.0 Å². The van der Waals surface area contributed by atoms with E-state index in [2.05, 4.69) is 21.8 Å². The lowest BCUT2D eigenvalue weighted by Crippen LogP contribution is -1.99. The third-order valence-electron chi connectivity index (χ3n) is 1.40. The third-order valence-corrected chi connectivity index (χ3v) is 1.59. The van der Waals surface area contributed by atoms with Gasteiger partial charge in [-0.05, 0) is 5.92 Å². The molecule has 4 nitrogen and oxygen atoms in total. The number of nitrogens with two attached hydrogens (primary N) is 1. The molecule has 0 aromatic carbocycles. The molecule has 0 bridgehead atoms. The van der Waals surface area contributed by atoms with E-state index in [1.54, 1.807) is 0 Å². The molecular weight excluding hydrogens is 202 g/mol. The number of halogens is 1. The second-order valence-corrected chi connectivity index (χ2v) is 2.77. The summed E-state index contributed by atoms with van der Waals surface area (Å²) in [4.78, 5) is 7.92. The third kappa shape index (κ3) is 2.79. The molecule has 2 N–H and O–H groups in total. The van der Waals surface area contributed by atoms with Crippen LogP contribution in [0.5, 0.6) is 5.88 Å². The lowest BCUT2D eigenvalue weighted by Gasteiger charge is -2.00. The van der Waals surface area contributed by atoms with E-state index >= 15 is 0 Å². The highest BCUT2D eigenvalue weighted by atomic mass is 35.5. The minimum atomic E-state index is 0.260. The fraction of sp³-hybridized carbons (Fsp3) is 0.333. The molecule has 0 aliphatic rings. The van der Waals surface area contributed by atoms with Crippen LogP contribution in [0.15, 0.2) is 6.20 Å². The normalized spacial score (nSPS) is 9.00. The van der Waals surface area contributed by atoms with Crippen LogP contribution in [0.1, 0.15) is 12.1 Å². The van der Waals surface area contributed by atoms with Gasteiger partial charge >= 0.3 is 0 Å². The van der Waals surface area contributed by atoms with E-state index in [0.717, 1.165) is 0 Å². The summed E-state index contributed by atoms with van der Waals surface area (Å²) >= 11 is 5.47. The van der Waals surface area contributed by atoms with Crippen molar-refractivity contribution in [2.75, 3.05) is 18.7 Å². The molecule has 1 rings (SSSR count). The van der Waals surface area contributed by atoms with Gasteiger partial charge < -0.3 is 10.5 Å². The van der Waals surface area contributed by atoms with Crippen LogP contribution in [-0.2, 0) is 0 Å². The fourth-order valence-electron chi connectivity index (χ4n) is 0.792. The molecule has 0 aliphatic heterocycles. The highest BCUT2D eigenvalue weighted by Crippen LogP contribution is 2.13. The monoisotopic (exact) mass is 211 g/mol. The first-order chi connectivity index (χ1) is 6.77.